The first-order valence-corrected chi connectivity index (χ1v) is 8.01. The summed E-state index contributed by atoms with van der Waals surface area (Å²) in [6, 6.07) is 0. The van der Waals surface area contributed by atoms with Crippen LogP contribution in [0.5, 0.6) is 0 Å². The van der Waals surface area contributed by atoms with Crippen LogP contribution >= 0.6 is 0 Å². The Hall–Kier alpha value is -1.23. The summed E-state index contributed by atoms with van der Waals surface area (Å²) < 4.78 is 4.88. The number of hydrogen-bond acceptors (Lipinski definition) is 2. The molecule has 0 aliphatic rings. The van der Waals surface area contributed by atoms with Gasteiger partial charge in [-0.15, -0.1) is 11.8 Å². The molecule has 0 aliphatic carbocycles. The molecule has 0 heterocycles. The molecule has 0 aromatic rings. The van der Waals surface area contributed by atoms with Gasteiger partial charge in [-0.1, -0.05) is 44.8 Å². The smallest absolute Gasteiger partial charge is 0.302 e. The molecule has 0 bridgehead atoms. The van der Waals surface area contributed by atoms with Crippen molar-refractivity contribution in [3.63, 3.8) is 0 Å². The van der Waals surface area contributed by atoms with E-state index in [0.717, 1.165) is 38.5 Å². The van der Waals surface area contributed by atoms with E-state index in [1.165, 1.54) is 32.6 Å². The maximum Gasteiger partial charge on any atom is 0.302 e. The Balaban J connectivity index is 3.21. The fraction of sp³-hybridized carbons (Fsp3) is 0.722. The number of hydrogen-bond donors (Lipinski definition) is 0. The molecule has 114 valence electrons. The summed E-state index contributed by atoms with van der Waals surface area (Å²) in [5, 5.41) is 0. The van der Waals surface area contributed by atoms with Crippen LogP contribution in [0.25, 0.3) is 0 Å². The molecule has 0 saturated heterocycles. The van der Waals surface area contributed by atoms with E-state index in [2.05, 4.69) is 30.9 Å². The topological polar surface area (TPSA) is 26.3 Å². The lowest BCUT2D eigenvalue weighted by atomic mass is 10.1. The first kappa shape index (κ1) is 18.8. The summed E-state index contributed by atoms with van der Waals surface area (Å²) in [7, 11) is 0. The molecule has 2 nitrogen and oxygen atoms in total. The standard InChI is InChI=1S/C18H30O2/c1-3-4-5-6-7-8-9-10-11-12-13-14-15-16-17-20-18(2)19/h6-7H,3-5,8-9,12-17H2,1-2H3. The van der Waals surface area contributed by atoms with Crippen LogP contribution in [0.3, 0.4) is 0 Å². The van der Waals surface area contributed by atoms with Gasteiger partial charge in [-0.05, 0) is 25.7 Å². The second kappa shape index (κ2) is 15.8. The van der Waals surface area contributed by atoms with E-state index in [1.54, 1.807) is 0 Å². The van der Waals surface area contributed by atoms with E-state index in [1.807, 2.05) is 0 Å². The maximum atomic E-state index is 10.5. The molecular weight excluding hydrogens is 248 g/mol. The van der Waals surface area contributed by atoms with Gasteiger partial charge in [-0.25, -0.2) is 0 Å². The molecule has 0 unspecified atom stereocenters. The third-order valence-electron chi connectivity index (χ3n) is 2.95. The Morgan fingerprint density at radius 3 is 2.40 bits per heavy atom. The predicted molar refractivity (Wildman–Crippen MR) is 85.4 cm³/mol. The van der Waals surface area contributed by atoms with Gasteiger partial charge in [0, 0.05) is 19.8 Å². The highest BCUT2D eigenvalue weighted by Gasteiger charge is 1.92. The number of ether oxygens (including phenoxy) is 1. The second-order valence-corrected chi connectivity index (χ2v) is 5.01. The van der Waals surface area contributed by atoms with Gasteiger partial charge in [0.25, 0.3) is 0 Å². The Kier molecular flexibility index (Phi) is 14.9. The number of rotatable bonds is 11. The van der Waals surface area contributed by atoms with Gasteiger partial charge in [0.05, 0.1) is 6.61 Å². The van der Waals surface area contributed by atoms with Crippen LogP contribution < -0.4 is 0 Å². The van der Waals surface area contributed by atoms with Crippen LogP contribution in [0.4, 0.5) is 0 Å². The lowest BCUT2D eigenvalue weighted by Crippen LogP contribution is -1.99. The molecule has 0 amide bonds. The maximum absolute atomic E-state index is 10.5. The Labute approximate surface area is 125 Å². The van der Waals surface area contributed by atoms with Crippen LogP contribution in [0.15, 0.2) is 12.2 Å². The van der Waals surface area contributed by atoms with E-state index < -0.39 is 0 Å². The number of esters is 1. The van der Waals surface area contributed by atoms with Crippen molar-refractivity contribution in [2.45, 2.75) is 78.1 Å². The molecule has 0 fully saturated rings. The molecule has 0 radical (unpaired) electrons. The highest BCUT2D eigenvalue weighted by molar-refractivity contribution is 5.65. The number of carbonyl (C=O) groups excluding carboxylic acids is 1. The second-order valence-electron chi connectivity index (χ2n) is 5.01. The third kappa shape index (κ3) is 16.8. The van der Waals surface area contributed by atoms with Crippen LogP contribution in [0.2, 0.25) is 0 Å². The summed E-state index contributed by atoms with van der Waals surface area (Å²) in [5.74, 6) is 6.27. The van der Waals surface area contributed by atoms with Gasteiger partial charge in [0.15, 0.2) is 0 Å². The molecule has 0 spiro atoms. The van der Waals surface area contributed by atoms with Crippen molar-refractivity contribution in [2.75, 3.05) is 6.61 Å². The largest absolute Gasteiger partial charge is 0.466 e. The summed E-state index contributed by atoms with van der Waals surface area (Å²) in [6.45, 7) is 4.23. The van der Waals surface area contributed by atoms with Crippen LogP contribution in [0.1, 0.15) is 78.1 Å². The quantitative estimate of drug-likeness (QED) is 0.229. The van der Waals surface area contributed by atoms with Gasteiger partial charge in [-0.3, -0.25) is 4.79 Å². The molecule has 0 aromatic carbocycles. The predicted octanol–water partition coefficient (Wildman–Crippen LogP) is 5.03. The summed E-state index contributed by atoms with van der Waals surface area (Å²) in [4.78, 5) is 10.5. The van der Waals surface area contributed by atoms with Crippen molar-refractivity contribution < 1.29 is 9.53 Å². The van der Waals surface area contributed by atoms with Crippen molar-refractivity contribution >= 4 is 5.97 Å². The minimum Gasteiger partial charge on any atom is -0.466 e. The summed E-state index contributed by atoms with van der Waals surface area (Å²) >= 11 is 0. The molecule has 0 saturated carbocycles. The number of unbranched alkanes of at least 4 members (excludes halogenated alkanes) is 7. The number of carbonyl (C=O) groups is 1. The SMILES string of the molecule is CCCCC=CCCC#CCCCCCCOC(C)=O. The highest BCUT2D eigenvalue weighted by Crippen LogP contribution is 2.03. The normalized spacial score (nSPS) is 10.3. The zero-order chi connectivity index (χ0) is 14.9. The van der Waals surface area contributed by atoms with Crippen LogP contribution in [0, 0.1) is 11.8 Å². The monoisotopic (exact) mass is 278 g/mol. The lowest BCUT2D eigenvalue weighted by Gasteiger charge is -2.00. The zero-order valence-corrected chi connectivity index (χ0v) is 13.2. The first-order chi connectivity index (χ1) is 9.77. The molecule has 20 heavy (non-hydrogen) atoms. The minimum atomic E-state index is -0.181. The molecule has 0 N–H and O–H groups in total. The molecule has 0 atom stereocenters. The van der Waals surface area contributed by atoms with Gasteiger partial charge in [0.1, 0.15) is 0 Å². The van der Waals surface area contributed by atoms with Crippen LogP contribution in [-0.4, -0.2) is 12.6 Å². The van der Waals surface area contributed by atoms with E-state index in [-0.39, 0.29) is 5.97 Å². The summed E-state index contributed by atoms with van der Waals surface area (Å²) in [6.07, 6.45) is 15.8. The van der Waals surface area contributed by atoms with Crippen LogP contribution in [-0.2, 0) is 9.53 Å². The number of allylic oxidation sites excluding steroid dienone is 2. The minimum absolute atomic E-state index is 0.181. The van der Waals surface area contributed by atoms with Gasteiger partial charge in [0.2, 0.25) is 0 Å². The fourth-order valence-corrected chi connectivity index (χ4v) is 1.77. The highest BCUT2D eigenvalue weighted by atomic mass is 16.5. The van der Waals surface area contributed by atoms with Gasteiger partial charge in [-0.2, -0.15) is 0 Å². The zero-order valence-electron chi connectivity index (χ0n) is 13.2. The van der Waals surface area contributed by atoms with Crippen molar-refractivity contribution in [2.24, 2.45) is 0 Å². The molecule has 0 rings (SSSR count). The van der Waals surface area contributed by atoms with Crippen molar-refractivity contribution in [1.29, 1.82) is 0 Å². The van der Waals surface area contributed by atoms with Crippen molar-refractivity contribution in [3.8, 4) is 11.8 Å². The average molecular weight is 278 g/mol. The van der Waals surface area contributed by atoms with E-state index in [0.29, 0.717) is 6.61 Å². The lowest BCUT2D eigenvalue weighted by molar-refractivity contribution is -0.141. The molecule has 0 aliphatic heterocycles. The molecular formula is C18H30O2. The Morgan fingerprint density at radius 1 is 0.950 bits per heavy atom. The van der Waals surface area contributed by atoms with Crippen molar-refractivity contribution in [3.05, 3.63) is 12.2 Å². The van der Waals surface area contributed by atoms with Gasteiger partial charge >= 0.3 is 5.97 Å². The van der Waals surface area contributed by atoms with E-state index in [9.17, 15) is 4.79 Å². The Bertz CT molecular complexity index is 307. The van der Waals surface area contributed by atoms with Gasteiger partial charge < -0.3 is 4.74 Å². The molecule has 0 aromatic heterocycles. The van der Waals surface area contributed by atoms with E-state index in [4.69, 9.17) is 4.74 Å². The van der Waals surface area contributed by atoms with Crippen molar-refractivity contribution in [1.82, 2.24) is 0 Å². The third-order valence-corrected chi connectivity index (χ3v) is 2.95. The van der Waals surface area contributed by atoms with E-state index >= 15 is 0 Å². The molecule has 2 heteroatoms. The Morgan fingerprint density at radius 2 is 1.65 bits per heavy atom. The fourth-order valence-electron chi connectivity index (χ4n) is 1.77. The summed E-state index contributed by atoms with van der Waals surface area (Å²) in [5.41, 5.74) is 0. The first-order valence-electron chi connectivity index (χ1n) is 8.01. The average Bonchev–Trinajstić information content (AvgIpc) is 2.43.